The van der Waals surface area contributed by atoms with Gasteiger partial charge in [-0.3, -0.25) is 0 Å². The molecule has 1 aliphatic carbocycles. The van der Waals surface area contributed by atoms with Crippen molar-refractivity contribution in [3.05, 3.63) is 96.7 Å². The van der Waals surface area contributed by atoms with E-state index in [0.29, 0.717) is 0 Å². The molecule has 2 rings (SSSR count). The largest absolute Gasteiger partial charge is 0.0984 e. The summed E-state index contributed by atoms with van der Waals surface area (Å²) in [6.45, 7) is 9.92. The van der Waals surface area contributed by atoms with Gasteiger partial charge in [0.05, 0.1) is 0 Å². The Morgan fingerprint density at radius 3 is 1.62 bits per heavy atom. The monoisotopic (exact) mass is 282 g/mol. The molecular weight excluding hydrogens is 252 g/mol. The summed E-state index contributed by atoms with van der Waals surface area (Å²) in [6.07, 6.45) is 12.4. The van der Waals surface area contributed by atoms with Gasteiger partial charge in [0.15, 0.2) is 0 Å². The number of allylic oxidation sites excluding steroid dienone is 8. The molecule has 0 aromatic heterocycles. The van der Waals surface area contributed by atoms with Gasteiger partial charge in [-0.1, -0.05) is 102 Å². The first-order valence-corrected chi connectivity index (χ1v) is 6.13. The average molecular weight is 282 g/mol. The fourth-order valence-corrected chi connectivity index (χ4v) is 2.14. The standard InChI is InChI=1S/C18H18.3CH4/c1-4-15-11-13-18(3,14-12-16(15)5-2)17-9-7-6-8-10-17;;;/h4-14H,1-2H2,3H3;3*1H4. The lowest BCUT2D eigenvalue weighted by Crippen LogP contribution is -2.14. The third kappa shape index (κ3) is 4.46. The second-order valence-corrected chi connectivity index (χ2v) is 4.63. The van der Waals surface area contributed by atoms with E-state index in [1.54, 1.807) is 0 Å². The summed E-state index contributed by atoms with van der Waals surface area (Å²) in [5, 5.41) is 0. The van der Waals surface area contributed by atoms with E-state index in [-0.39, 0.29) is 27.7 Å². The molecule has 0 N–H and O–H groups in total. The molecule has 0 amide bonds. The van der Waals surface area contributed by atoms with Crippen LogP contribution in [0.15, 0.2) is 91.1 Å². The topological polar surface area (TPSA) is 0 Å². The molecule has 0 heteroatoms. The lowest BCUT2D eigenvalue weighted by molar-refractivity contribution is 0.758. The molecule has 0 nitrogen and oxygen atoms in total. The van der Waals surface area contributed by atoms with Gasteiger partial charge in [-0.05, 0) is 23.6 Å². The van der Waals surface area contributed by atoms with Crippen LogP contribution in [0.1, 0.15) is 34.8 Å². The molecule has 0 atom stereocenters. The third-order valence-corrected chi connectivity index (χ3v) is 3.39. The molecule has 0 bridgehead atoms. The Labute approximate surface area is 131 Å². The fraction of sp³-hybridized carbons (Fsp3) is 0.238. The quantitative estimate of drug-likeness (QED) is 0.582. The second-order valence-electron chi connectivity index (χ2n) is 4.63. The van der Waals surface area contributed by atoms with Gasteiger partial charge in [-0.15, -0.1) is 0 Å². The minimum absolute atomic E-state index is 0. The van der Waals surface area contributed by atoms with E-state index >= 15 is 0 Å². The first-order valence-electron chi connectivity index (χ1n) is 6.13. The van der Waals surface area contributed by atoms with E-state index in [1.807, 2.05) is 18.2 Å². The number of hydrogen-bond acceptors (Lipinski definition) is 0. The second kappa shape index (κ2) is 8.97. The number of rotatable bonds is 3. The van der Waals surface area contributed by atoms with Gasteiger partial charge < -0.3 is 0 Å². The van der Waals surface area contributed by atoms with Crippen molar-refractivity contribution in [3.63, 3.8) is 0 Å². The molecule has 114 valence electrons. The van der Waals surface area contributed by atoms with Crippen molar-refractivity contribution in [2.75, 3.05) is 0 Å². The molecular formula is C21H30. The molecule has 0 radical (unpaired) electrons. The van der Waals surface area contributed by atoms with Gasteiger partial charge in [0, 0.05) is 5.41 Å². The van der Waals surface area contributed by atoms with E-state index in [4.69, 9.17) is 0 Å². The molecule has 0 unspecified atom stereocenters. The zero-order valence-electron chi connectivity index (χ0n) is 10.8. The number of hydrogen-bond donors (Lipinski definition) is 0. The van der Waals surface area contributed by atoms with E-state index in [1.165, 1.54) is 5.56 Å². The van der Waals surface area contributed by atoms with E-state index in [9.17, 15) is 0 Å². The normalized spacial score (nSPS) is 14.9. The van der Waals surface area contributed by atoms with Crippen molar-refractivity contribution in [2.24, 2.45) is 0 Å². The van der Waals surface area contributed by atoms with Gasteiger partial charge >= 0.3 is 0 Å². The van der Waals surface area contributed by atoms with Crippen molar-refractivity contribution in [1.82, 2.24) is 0 Å². The van der Waals surface area contributed by atoms with Crippen molar-refractivity contribution in [3.8, 4) is 0 Å². The molecule has 1 aromatic carbocycles. The summed E-state index contributed by atoms with van der Waals surface area (Å²) in [7, 11) is 0. The van der Waals surface area contributed by atoms with Crippen LogP contribution in [-0.4, -0.2) is 0 Å². The van der Waals surface area contributed by atoms with Gasteiger partial charge in [-0.25, -0.2) is 0 Å². The van der Waals surface area contributed by atoms with Crippen LogP contribution in [-0.2, 0) is 5.41 Å². The molecule has 0 aliphatic heterocycles. The number of benzene rings is 1. The van der Waals surface area contributed by atoms with Crippen molar-refractivity contribution >= 4 is 0 Å². The van der Waals surface area contributed by atoms with E-state index in [2.05, 4.69) is 68.7 Å². The summed E-state index contributed by atoms with van der Waals surface area (Å²) < 4.78 is 0. The Balaban J connectivity index is 0. The van der Waals surface area contributed by atoms with Gasteiger partial charge in [0.1, 0.15) is 0 Å². The molecule has 1 aromatic rings. The maximum atomic E-state index is 3.85. The Hall–Kier alpha value is -2.08. The summed E-state index contributed by atoms with van der Waals surface area (Å²) in [5.74, 6) is 0. The van der Waals surface area contributed by atoms with Gasteiger partial charge in [0.25, 0.3) is 0 Å². The van der Waals surface area contributed by atoms with Crippen LogP contribution >= 0.6 is 0 Å². The SMILES string of the molecule is C.C.C.C=CC1=C(C=C)C=CC(C)(c2ccccc2)C=C1. The Morgan fingerprint density at radius 1 is 0.810 bits per heavy atom. The van der Waals surface area contributed by atoms with Crippen LogP contribution < -0.4 is 0 Å². The van der Waals surface area contributed by atoms with Crippen LogP contribution in [0.2, 0.25) is 0 Å². The van der Waals surface area contributed by atoms with Crippen LogP contribution in [0.3, 0.4) is 0 Å². The highest BCUT2D eigenvalue weighted by molar-refractivity contribution is 5.51. The molecule has 0 spiro atoms. The third-order valence-electron chi connectivity index (χ3n) is 3.39. The van der Waals surface area contributed by atoms with Crippen LogP contribution in [0.5, 0.6) is 0 Å². The van der Waals surface area contributed by atoms with Crippen molar-refractivity contribution in [2.45, 2.75) is 34.6 Å². The van der Waals surface area contributed by atoms with Crippen LogP contribution in [0.25, 0.3) is 0 Å². The Bertz CT molecular complexity index is 511. The predicted octanol–water partition coefficient (Wildman–Crippen LogP) is 6.65. The Kier molecular flexibility index (Phi) is 9.06. The molecule has 0 saturated heterocycles. The van der Waals surface area contributed by atoms with Gasteiger partial charge in [-0.2, -0.15) is 0 Å². The van der Waals surface area contributed by atoms with Crippen molar-refractivity contribution < 1.29 is 0 Å². The fourth-order valence-electron chi connectivity index (χ4n) is 2.14. The minimum Gasteiger partial charge on any atom is -0.0984 e. The lowest BCUT2D eigenvalue weighted by atomic mass is 9.82. The minimum atomic E-state index is -0.0831. The highest BCUT2D eigenvalue weighted by Gasteiger charge is 2.21. The summed E-state index contributed by atoms with van der Waals surface area (Å²) >= 11 is 0. The molecule has 1 aliphatic rings. The molecule has 0 saturated carbocycles. The van der Waals surface area contributed by atoms with Crippen LogP contribution in [0.4, 0.5) is 0 Å². The maximum absolute atomic E-state index is 3.85. The zero-order valence-corrected chi connectivity index (χ0v) is 10.8. The summed E-state index contributed by atoms with van der Waals surface area (Å²) in [4.78, 5) is 0. The average Bonchev–Trinajstić information content (AvgIpc) is 2.59. The zero-order chi connectivity index (χ0) is 13.0. The Morgan fingerprint density at radius 2 is 1.24 bits per heavy atom. The first-order chi connectivity index (χ1) is 8.69. The summed E-state index contributed by atoms with van der Waals surface area (Å²) in [6, 6.07) is 10.5. The van der Waals surface area contributed by atoms with Crippen LogP contribution in [0, 0.1) is 0 Å². The highest BCUT2D eigenvalue weighted by atomic mass is 14.2. The summed E-state index contributed by atoms with van der Waals surface area (Å²) in [5.41, 5.74) is 3.42. The van der Waals surface area contributed by atoms with Crippen molar-refractivity contribution in [1.29, 1.82) is 0 Å². The van der Waals surface area contributed by atoms with E-state index in [0.717, 1.165) is 11.1 Å². The predicted molar refractivity (Wildman–Crippen MR) is 99.7 cm³/mol. The smallest absolute Gasteiger partial charge is 0.0290 e. The molecule has 0 fully saturated rings. The molecule has 21 heavy (non-hydrogen) atoms. The molecule has 0 heterocycles. The van der Waals surface area contributed by atoms with Gasteiger partial charge in [0.2, 0.25) is 0 Å². The highest BCUT2D eigenvalue weighted by Crippen LogP contribution is 2.31. The maximum Gasteiger partial charge on any atom is 0.0290 e. The van der Waals surface area contributed by atoms with E-state index < -0.39 is 0 Å². The lowest BCUT2D eigenvalue weighted by Gasteiger charge is -2.22. The first kappa shape index (κ1) is 21.2.